The van der Waals surface area contributed by atoms with Crippen LogP contribution in [0.5, 0.6) is 0 Å². The molecule has 2 nitrogen and oxygen atoms in total. The van der Waals surface area contributed by atoms with E-state index in [-0.39, 0.29) is 5.82 Å². The number of hydrogen-bond acceptors (Lipinski definition) is 2. The van der Waals surface area contributed by atoms with Crippen molar-refractivity contribution in [3.63, 3.8) is 0 Å². The van der Waals surface area contributed by atoms with Gasteiger partial charge >= 0.3 is 0 Å². The molecule has 0 aromatic heterocycles. The van der Waals surface area contributed by atoms with Gasteiger partial charge in [0.15, 0.2) is 0 Å². The molecule has 0 heterocycles. The van der Waals surface area contributed by atoms with Gasteiger partial charge in [0.25, 0.3) is 0 Å². The normalized spacial score (nSPS) is 12.2. The zero-order valence-corrected chi connectivity index (χ0v) is 11.2. The van der Waals surface area contributed by atoms with Crippen molar-refractivity contribution in [2.24, 2.45) is 0 Å². The Morgan fingerprint density at radius 2 is 1.74 bits per heavy atom. The van der Waals surface area contributed by atoms with E-state index in [1.165, 1.54) is 23.3 Å². The largest absolute Gasteiger partial charge is 0.387 e. The summed E-state index contributed by atoms with van der Waals surface area (Å²) in [6.45, 7) is 4.47. The zero-order valence-electron chi connectivity index (χ0n) is 11.2. The van der Waals surface area contributed by atoms with E-state index < -0.39 is 6.10 Å². The standard InChI is InChI=1S/C16H18FNO/c1-11-3-4-13(9-12(11)2)16(19)10-18-15-7-5-14(17)6-8-15/h3-9,16,18-19H,10H2,1-2H3. The Morgan fingerprint density at radius 3 is 2.37 bits per heavy atom. The number of aryl methyl sites for hydroxylation is 2. The lowest BCUT2D eigenvalue weighted by atomic mass is 10.0. The number of halogens is 1. The Hall–Kier alpha value is -1.87. The van der Waals surface area contributed by atoms with Crippen LogP contribution in [0.1, 0.15) is 22.8 Å². The molecule has 2 aromatic carbocycles. The van der Waals surface area contributed by atoms with Crippen LogP contribution < -0.4 is 5.32 Å². The van der Waals surface area contributed by atoms with E-state index in [1.807, 2.05) is 32.0 Å². The molecule has 1 atom stereocenters. The number of benzene rings is 2. The fourth-order valence-electron chi connectivity index (χ4n) is 1.87. The Labute approximate surface area is 112 Å². The molecule has 2 N–H and O–H groups in total. The maximum absolute atomic E-state index is 12.8. The Balaban J connectivity index is 1.98. The average molecular weight is 259 g/mol. The predicted molar refractivity (Wildman–Crippen MR) is 75.8 cm³/mol. The van der Waals surface area contributed by atoms with E-state index in [4.69, 9.17) is 0 Å². The van der Waals surface area contributed by atoms with Gasteiger partial charge < -0.3 is 10.4 Å². The summed E-state index contributed by atoms with van der Waals surface area (Å²) in [4.78, 5) is 0. The molecule has 0 spiro atoms. The first-order valence-electron chi connectivity index (χ1n) is 6.31. The average Bonchev–Trinajstić information content (AvgIpc) is 2.41. The maximum Gasteiger partial charge on any atom is 0.123 e. The van der Waals surface area contributed by atoms with Gasteiger partial charge in [0.2, 0.25) is 0 Å². The van der Waals surface area contributed by atoms with E-state index in [2.05, 4.69) is 5.32 Å². The van der Waals surface area contributed by atoms with Gasteiger partial charge in [0.05, 0.1) is 6.10 Å². The fourth-order valence-corrected chi connectivity index (χ4v) is 1.87. The molecule has 0 aliphatic carbocycles. The second-order valence-electron chi connectivity index (χ2n) is 4.75. The summed E-state index contributed by atoms with van der Waals surface area (Å²) in [5.74, 6) is -0.264. The Bertz CT molecular complexity index is 551. The first kappa shape index (κ1) is 13.6. The lowest BCUT2D eigenvalue weighted by molar-refractivity contribution is 0.191. The molecule has 3 heteroatoms. The Kier molecular flexibility index (Phi) is 4.17. The first-order chi connectivity index (χ1) is 9.06. The minimum atomic E-state index is -0.579. The molecule has 100 valence electrons. The highest BCUT2D eigenvalue weighted by atomic mass is 19.1. The van der Waals surface area contributed by atoms with Gasteiger partial charge in [-0.25, -0.2) is 4.39 Å². The first-order valence-corrected chi connectivity index (χ1v) is 6.31. The summed E-state index contributed by atoms with van der Waals surface area (Å²) in [6.07, 6.45) is -0.579. The third-order valence-electron chi connectivity index (χ3n) is 3.26. The number of nitrogens with one attached hydrogen (secondary N) is 1. The van der Waals surface area contributed by atoms with E-state index in [9.17, 15) is 9.50 Å². The monoisotopic (exact) mass is 259 g/mol. The van der Waals surface area contributed by atoms with Crippen LogP contribution >= 0.6 is 0 Å². The van der Waals surface area contributed by atoms with Crippen LogP contribution in [0.4, 0.5) is 10.1 Å². The molecule has 2 rings (SSSR count). The summed E-state index contributed by atoms with van der Waals surface area (Å²) >= 11 is 0. The topological polar surface area (TPSA) is 32.3 Å². The van der Waals surface area contributed by atoms with Crippen molar-refractivity contribution >= 4 is 5.69 Å². The van der Waals surface area contributed by atoms with Gasteiger partial charge in [-0.3, -0.25) is 0 Å². The van der Waals surface area contributed by atoms with Crippen LogP contribution in [0, 0.1) is 19.7 Å². The minimum Gasteiger partial charge on any atom is -0.387 e. The van der Waals surface area contributed by atoms with Crippen LogP contribution in [-0.2, 0) is 0 Å². The van der Waals surface area contributed by atoms with Gasteiger partial charge in [-0.15, -0.1) is 0 Å². The molecule has 0 fully saturated rings. The summed E-state index contributed by atoms with van der Waals surface area (Å²) < 4.78 is 12.8. The van der Waals surface area contributed by atoms with E-state index in [0.29, 0.717) is 6.54 Å². The molecule has 1 unspecified atom stereocenters. The van der Waals surface area contributed by atoms with Gasteiger partial charge in [0.1, 0.15) is 5.82 Å². The van der Waals surface area contributed by atoms with Crippen molar-refractivity contribution in [2.75, 3.05) is 11.9 Å². The van der Waals surface area contributed by atoms with Crippen molar-refractivity contribution in [2.45, 2.75) is 20.0 Å². The van der Waals surface area contributed by atoms with E-state index >= 15 is 0 Å². The van der Waals surface area contributed by atoms with Gasteiger partial charge in [-0.1, -0.05) is 18.2 Å². The number of rotatable bonds is 4. The van der Waals surface area contributed by atoms with Crippen molar-refractivity contribution < 1.29 is 9.50 Å². The SMILES string of the molecule is Cc1ccc(C(O)CNc2ccc(F)cc2)cc1C. The van der Waals surface area contributed by atoms with Gasteiger partial charge in [-0.2, -0.15) is 0 Å². The molecule has 0 saturated carbocycles. The van der Waals surface area contributed by atoms with Crippen LogP contribution in [0.25, 0.3) is 0 Å². The predicted octanol–water partition coefficient (Wildman–Crippen LogP) is 3.59. The molecule has 0 aliphatic rings. The second kappa shape index (κ2) is 5.85. The van der Waals surface area contributed by atoms with E-state index in [0.717, 1.165) is 11.3 Å². The van der Waals surface area contributed by atoms with Gasteiger partial charge in [0, 0.05) is 12.2 Å². The van der Waals surface area contributed by atoms with Crippen LogP contribution in [0.15, 0.2) is 42.5 Å². The maximum atomic E-state index is 12.8. The summed E-state index contributed by atoms with van der Waals surface area (Å²) in [7, 11) is 0. The second-order valence-corrected chi connectivity index (χ2v) is 4.75. The lowest BCUT2D eigenvalue weighted by Crippen LogP contribution is -2.12. The summed E-state index contributed by atoms with van der Waals surface area (Å²) in [5, 5.41) is 13.2. The third-order valence-corrected chi connectivity index (χ3v) is 3.26. The number of anilines is 1. The number of aliphatic hydroxyl groups is 1. The third kappa shape index (κ3) is 3.55. The van der Waals surface area contributed by atoms with Crippen molar-refractivity contribution in [1.29, 1.82) is 0 Å². The van der Waals surface area contributed by atoms with Crippen molar-refractivity contribution in [3.8, 4) is 0 Å². The van der Waals surface area contributed by atoms with Crippen molar-refractivity contribution in [1.82, 2.24) is 0 Å². The molecule has 2 aromatic rings. The molecule has 19 heavy (non-hydrogen) atoms. The quantitative estimate of drug-likeness (QED) is 0.879. The van der Waals surface area contributed by atoms with Crippen LogP contribution in [0.3, 0.4) is 0 Å². The zero-order chi connectivity index (χ0) is 13.8. The lowest BCUT2D eigenvalue weighted by Gasteiger charge is -2.14. The van der Waals surface area contributed by atoms with Crippen LogP contribution in [0.2, 0.25) is 0 Å². The molecular formula is C16H18FNO. The smallest absolute Gasteiger partial charge is 0.123 e. The molecule has 0 aliphatic heterocycles. The number of aliphatic hydroxyl groups excluding tert-OH is 1. The van der Waals surface area contributed by atoms with Crippen molar-refractivity contribution in [3.05, 3.63) is 65.0 Å². The van der Waals surface area contributed by atoms with Gasteiger partial charge in [-0.05, 0) is 54.8 Å². The van der Waals surface area contributed by atoms with Crippen LogP contribution in [-0.4, -0.2) is 11.7 Å². The molecule has 0 radical (unpaired) electrons. The number of hydrogen-bond donors (Lipinski definition) is 2. The van der Waals surface area contributed by atoms with E-state index in [1.54, 1.807) is 12.1 Å². The summed E-state index contributed by atoms with van der Waals surface area (Å²) in [5.41, 5.74) is 4.06. The molecule has 0 saturated heterocycles. The highest BCUT2D eigenvalue weighted by molar-refractivity contribution is 5.43. The highest BCUT2D eigenvalue weighted by Gasteiger charge is 2.08. The fraction of sp³-hybridized carbons (Fsp3) is 0.250. The summed E-state index contributed by atoms with van der Waals surface area (Å²) in [6, 6.07) is 12.0. The molecule has 0 amide bonds. The highest BCUT2D eigenvalue weighted by Crippen LogP contribution is 2.18. The minimum absolute atomic E-state index is 0.264. The molecule has 0 bridgehead atoms. The Morgan fingerprint density at radius 1 is 1.05 bits per heavy atom. The molecular weight excluding hydrogens is 241 g/mol.